The molecule has 0 aromatic rings. The zero-order valence-electron chi connectivity index (χ0n) is 10.1. The van der Waals surface area contributed by atoms with E-state index in [2.05, 4.69) is 17.6 Å². The van der Waals surface area contributed by atoms with Gasteiger partial charge in [-0.15, -0.1) is 12.4 Å². The summed E-state index contributed by atoms with van der Waals surface area (Å²) in [7, 11) is 0. The molecule has 2 atom stereocenters. The Bertz CT molecular complexity index is 202. The van der Waals surface area contributed by atoms with E-state index in [0.717, 1.165) is 25.9 Å². The van der Waals surface area contributed by atoms with Crippen molar-refractivity contribution in [2.45, 2.75) is 32.7 Å². The lowest BCUT2D eigenvalue weighted by molar-refractivity contribution is -0.126. The number of carbonyl (C=O) groups is 1. The lowest BCUT2D eigenvalue weighted by Crippen LogP contribution is -2.51. The Morgan fingerprint density at radius 3 is 2.94 bits per heavy atom. The van der Waals surface area contributed by atoms with Gasteiger partial charge < -0.3 is 15.4 Å². The maximum Gasteiger partial charge on any atom is 0.246 e. The highest BCUT2D eigenvalue weighted by Crippen LogP contribution is 2.10. The zero-order valence-corrected chi connectivity index (χ0v) is 10.9. The number of hydrogen-bond donors (Lipinski definition) is 2. The van der Waals surface area contributed by atoms with Crippen LogP contribution in [0.25, 0.3) is 0 Å². The Kier molecular flexibility index (Phi) is 8.61. The minimum absolute atomic E-state index is 0. The molecule has 1 amide bonds. The van der Waals surface area contributed by atoms with Gasteiger partial charge in [-0.05, 0) is 25.3 Å². The van der Waals surface area contributed by atoms with Crippen molar-refractivity contribution in [1.82, 2.24) is 10.6 Å². The quantitative estimate of drug-likeness (QED) is 0.715. The summed E-state index contributed by atoms with van der Waals surface area (Å²) in [6.45, 7) is 6.99. The second-order valence-corrected chi connectivity index (χ2v) is 4.20. The van der Waals surface area contributed by atoms with Gasteiger partial charge in [0.15, 0.2) is 0 Å². The van der Waals surface area contributed by atoms with Crippen molar-refractivity contribution in [3.63, 3.8) is 0 Å². The van der Waals surface area contributed by atoms with Crippen molar-refractivity contribution in [3.8, 4) is 0 Å². The molecule has 4 nitrogen and oxygen atoms in total. The maximum atomic E-state index is 11.5. The van der Waals surface area contributed by atoms with Crippen LogP contribution in [-0.2, 0) is 9.53 Å². The van der Waals surface area contributed by atoms with Crippen LogP contribution in [0.15, 0.2) is 0 Å². The summed E-state index contributed by atoms with van der Waals surface area (Å²) in [6.07, 6.45) is 2.08. The Hall–Kier alpha value is -0.320. The summed E-state index contributed by atoms with van der Waals surface area (Å²) in [5.74, 6) is 0.561. The molecule has 1 aliphatic heterocycles. The van der Waals surface area contributed by atoms with E-state index in [-0.39, 0.29) is 31.0 Å². The summed E-state index contributed by atoms with van der Waals surface area (Å²) in [5, 5.41) is 6.28. The fourth-order valence-corrected chi connectivity index (χ4v) is 1.74. The molecule has 2 N–H and O–H groups in total. The number of rotatable bonds is 5. The van der Waals surface area contributed by atoms with Gasteiger partial charge in [0, 0.05) is 19.2 Å². The molecule has 1 aliphatic rings. The third kappa shape index (κ3) is 5.68. The molecule has 0 radical (unpaired) electrons. The second-order valence-electron chi connectivity index (χ2n) is 4.20. The molecule has 16 heavy (non-hydrogen) atoms. The van der Waals surface area contributed by atoms with Crippen molar-refractivity contribution < 1.29 is 9.53 Å². The van der Waals surface area contributed by atoms with Gasteiger partial charge in [0.05, 0.1) is 0 Å². The van der Waals surface area contributed by atoms with E-state index >= 15 is 0 Å². The number of amides is 1. The minimum atomic E-state index is 0. The van der Waals surface area contributed by atoms with Gasteiger partial charge in [-0.3, -0.25) is 4.79 Å². The van der Waals surface area contributed by atoms with Gasteiger partial charge in [0.1, 0.15) is 6.61 Å². The van der Waals surface area contributed by atoms with Gasteiger partial charge in [-0.1, -0.05) is 13.8 Å². The van der Waals surface area contributed by atoms with E-state index in [4.69, 9.17) is 4.74 Å². The molecule has 0 spiro atoms. The summed E-state index contributed by atoms with van der Waals surface area (Å²) in [6, 6.07) is 0.261. The van der Waals surface area contributed by atoms with Crippen LogP contribution in [0.2, 0.25) is 0 Å². The van der Waals surface area contributed by atoms with Gasteiger partial charge >= 0.3 is 0 Å². The lowest BCUT2D eigenvalue weighted by Gasteiger charge is -2.30. The van der Waals surface area contributed by atoms with E-state index in [9.17, 15) is 4.79 Å². The van der Waals surface area contributed by atoms with E-state index in [1.165, 1.54) is 0 Å². The first-order valence-electron chi connectivity index (χ1n) is 5.82. The molecule has 0 saturated carbocycles. The zero-order chi connectivity index (χ0) is 11.1. The van der Waals surface area contributed by atoms with Crippen LogP contribution in [0.5, 0.6) is 0 Å². The number of carbonyl (C=O) groups excluding carboxylic acids is 1. The first kappa shape index (κ1) is 15.7. The monoisotopic (exact) mass is 250 g/mol. The third-order valence-electron chi connectivity index (χ3n) is 2.76. The molecule has 1 rings (SSSR count). The third-order valence-corrected chi connectivity index (χ3v) is 2.76. The number of halogens is 1. The fraction of sp³-hybridized carbons (Fsp3) is 0.909. The van der Waals surface area contributed by atoms with Crippen molar-refractivity contribution in [2.24, 2.45) is 5.92 Å². The fourth-order valence-electron chi connectivity index (χ4n) is 1.74. The van der Waals surface area contributed by atoms with Gasteiger partial charge in [-0.2, -0.15) is 0 Å². The SMILES string of the molecule is CCCOCC(=O)NC1CNCCC1C.Cl. The molecule has 1 fully saturated rings. The van der Waals surface area contributed by atoms with Crippen LogP contribution in [0.3, 0.4) is 0 Å². The molecule has 0 bridgehead atoms. The molecule has 1 heterocycles. The summed E-state index contributed by atoms with van der Waals surface area (Å²) in [5.41, 5.74) is 0. The molecule has 0 aromatic heterocycles. The molecule has 2 unspecified atom stereocenters. The first-order valence-corrected chi connectivity index (χ1v) is 5.82. The van der Waals surface area contributed by atoms with Crippen molar-refractivity contribution in [2.75, 3.05) is 26.3 Å². The highest BCUT2D eigenvalue weighted by molar-refractivity contribution is 5.85. The van der Waals surface area contributed by atoms with Crippen molar-refractivity contribution in [1.29, 1.82) is 0 Å². The average Bonchev–Trinajstić information content (AvgIpc) is 2.22. The van der Waals surface area contributed by atoms with Crippen LogP contribution < -0.4 is 10.6 Å². The Balaban J connectivity index is 0.00000225. The molecule has 0 aliphatic carbocycles. The van der Waals surface area contributed by atoms with Crippen LogP contribution in [0.1, 0.15) is 26.7 Å². The number of piperidine rings is 1. The molecular weight excluding hydrogens is 228 g/mol. The number of ether oxygens (including phenoxy) is 1. The smallest absolute Gasteiger partial charge is 0.246 e. The van der Waals surface area contributed by atoms with Crippen molar-refractivity contribution in [3.05, 3.63) is 0 Å². The average molecular weight is 251 g/mol. The predicted octanol–water partition coefficient (Wildman–Crippen LogP) is 0.949. The number of hydrogen-bond acceptors (Lipinski definition) is 3. The number of nitrogens with one attached hydrogen (secondary N) is 2. The van der Waals surface area contributed by atoms with E-state index in [0.29, 0.717) is 12.5 Å². The van der Waals surface area contributed by atoms with E-state index in [1.807, 2.05) is 6.92 Å². The van der Waals surface area contributed by atoms with Crippen LogP contribution >= 0.6 is 12.4 Å². The van der Waals surface area contributed by atoms with Crippen molar-refractivity contribution >= 4 is 18.3 Å². The largest absolute Gasteiger partial charge is 0.372 e. The molecule has 1 saturated heterocycles. The lowest BCUT2D eigenvalue weighted by atomic mass is 9.95. The molecule has 5 heteroatoms. The Morgan fingerprint density at radius 1 is 1.56 bits per heavy atom. The maximum absolute atomic E-state index is 11.5. The highest BCUT2D eigenvalue weighted by Gasteiger charge is 2.22. The van der Waals surface area contributed by atoms with E-state index < -0.39 is 0 Å². The van der Waals surface area contributed by atoms with E-state index in [1.54, 1.807) is 0 Å². The predicted molar refractivity (Wildman–Crippen MR) is 66.9 cm³/mol. The summed E-state index contributed by atoms with van der Waals surface area (Å²) >= 11 is 0. The topological polar surface area (TPSA) is 50.4 Å². The van der Waals surface area contributed by atoms with Crippen LogP contribution in [0, 0.1) is 5.92 Å². The van der Waals surface area contributed by atoms with Gasteiger partial charge in [0.25, 0.3) is 0 Å². The molecular formula is C11H23ClN2O2. The Labute approximate surface area is 104 Å². The first-order chi connectivity index (χ1) is 7.24. The summed E-state index contributed by atoms with van der Waals surface area (Å²) in [4.78, 5) is 11.5. The summed E-state index contributed by atoms with van der Waals surface area (Å²) < 4.78 is 5.19. The standard InChI is InChI=1S/C11H22N2O2.ClH/c1-3-6-15-8-11(14)13-10-7-12-5-4-9(10)2;/h9-10,12H,3-8H2,1-2H3,(H,13,14);1H. The molecule has 0 aromatic carbocycles. The van der Waals surface area contributed by atoms with Gasteiger partial charge in [-0.25, -0.2) is 0 Å². The normalized spacial score (nSPS) is 24.6. The molecule has 96 valence electrons. The Morgan fingerprint density at radius 2 is 2.31 bits per heavy atom. The van der Waals surface area contributed by atoms with Gasteiger partial charge in [0.2, 0.25) is 5.91 Å². The second kappa shape index (κ2) is 8.79. The highest BCUT2D eigenvalue weighted by atomic mass is 35.5. The van der Waals surface area contributed by atoms with Crippen LogP contribution in [0.4, 0.5) is 0 Å². The van der Waals surface area contributed by atoms with Crippen LogP contribution in [-0.4, -0.2) is 38.3 Å². The minimum Gasteiger partial charge on any atom is -0.372 e.